The number of nitrogens with zero attached hydrogens (tertiary/aromatic N) is 4. The van der Waals surface area contributed by atoms with E-state index in [1.807, 2.05) is 31.3 Å². The van der Waals surface area contributed by atoms with E-state index in [1.165, 1.54) is 11.3 Å². The molecule has 2 aliphatic heterocycles. The van der Waals surface area contributed by atoms with Gasteiger partial charge in [0.2, 0.25) is 0 Å². The molecule has 0 radical (unpaired) electrons. The van der Waals surface area contributed by atoms with Crippen molar-refractivity contribution in [2.24, 2.45) is 0 Å². The highest BCUT2D eigenvalue weighted by Gasteiger charge is 2.44. The van der Waals surface area contributed by atoms with Crippen LogP contribution < -0.4 is 10.1 Å². The van der Waals surface area contributed by atoms with E-state index >= 15 is 0 Å². The molecule has 0 amide bonds. The molecule has 4 heterocycles. The van der Waals surface area contributed by atoms with E-state index < -0.39 is 0 Å². The molecule has 5 rings (SSSR count). The van der Waals surface area contributed by atoms with Crippen molar-refractivity contribution >= 4 is 11.3 Å². The first-order chi connectivity index (χ1) is 14.9. The zero-order valence-corrected chi connectivity index (χ0v) is 18.7. The summed E-state index contributed by atoms with van der Waals surface area (Å²) >= 11 is 1.36. The Morgan fingerprint density at radius 3 is 2.71 bits per heavy atom. The van der Waals surface area contributed by atoms with Gasteiger partial charge in [0.25, 0.3) is 5.19 Å². The second-order valence-corrected chi connectivity index (χ2v) is 9.80. The first-order valence-electron chi connectivity index (χ1n) is 10.6. The van der Waals surface area contributed by atoms with Crippen molar-refractivity contribution in [1.82, 2.24) is 25.3 Å². The van der Waals surface area contributed by atoms with Crippen LogP contribution in [0, 0.1) is 6.92 Å². The largest absolute Gasteiger partial charge is 0.507 e. The lowest BCUT2D eigenvalue weighted by Crippen LogP contribution is -2.62. The van der Waals surface area contributed by atoms with E-state index in [9.17, 15) is 5.11 Å². The number of benzene rings is 1. The summed E-state index contributed by atoms with van der Waals surface area (Å²) in [7, 11) is 1.80. The van der Waals surface area contributed by atoms with Crippen LogP contribution in [0.2, 0.25) is 0 Å². The minimum atomic E-state index is 0.0129. The zero-order valence-electron chi connectivity index (χ0n) is 17.9. The molecule has 31 heavy (non-hydrogen) atoms. The number of phenols is 1. The van der Waals surface area contributed by atoms with Gasteiger partial charge in [0.1, 0.15) is 11.9 Å². The van der Waals surface area contributed by atoms with E-state index in [4.69, 9.17) is 9.47 Å². The second-order valence-electron chi connectivity index (χ2n) is 8.86. The van der Waals surface area contributed by atoms with Crippen LogP contribution >= 0.6 is 11.3 Å². The van der Waals surface area contributed by atoms with Crippen LogP contribution in [0.4, 0.5) is 0 Å². The van der Waals surface area contributed by atoms with Crippen molar-refractivity contribution < 1.29 is 14.6 Å². The molecule has 3 aromatic rings. The molecule has 2 N–H and O–H groups in total. The van der Waals surface area contributed by atoms with Gasteiger partial charge in [0.15, 0.2) is 5.01 Å². The molecule has 0 saturated carbocycles. The Bertz CT molecular complexity index is 1080. The first-order valence-corrected chi connectivity index (χ1v) is 11.4. The Balaban J connectivity index is 1.30. The number of rotatable bonds is 5. The van der Waals surface area contributed by atoms with Crippen molar-refractivity contribution in [3.8, 4) is 27.2 Å². The van der Waals surface area contributed by atoms with Crippen LogP contribution in [0.25, 0.3) is 16.3 Å². The minimum absolute atomic E-state index is 0.0129. The Labute approximate surface area is 185 Å². The molecule has 2 aromatic heterocycles. The molecule has 8 nitrogen and oxygen atoms in total. The van der Waals surface area contributed by atoms with Gasteiger partial charge in [-0.2, -0.15) is 5.10 Å². The van der Waals surface area contributed by atoms with Gasteiger partial charge in [-0.25, -0.2) is 4.68 Å². The number of nitrogens with one attached hydrogen (secondary N) is 1. The van der Waals surface area contributed by atoms with Crippen molar-refractivity contribution in [3.05, 3.63) is 36.2 Å². The number of phenolic OH excluding ortho intramolecular Hbond substituents is 1. The van der Waals surface area contributed by atoms with Crippen molar-refractivity contribution in [2.45, 2.75) is 63.3 Å². The smallest absolute Gasteiger partial charge is 0.294 e. The summed E-state index contributed by atoms with van der Waals surface area (Å²) in [6, 6.07) is 7.74. The van der Waals surface area contributed by atoms with E-state index in [1.54, 1.807) is 17.9 Å². The van der Waals surface area contributed by atoms with Gasteiger partial charge in [-0.1, -0.05) is 16.4 Å². The third-order valence-electron chi connectivity index (χ3n) is 6.21. The van der Waals surface area contributed by atoms with Crippen LogP contribution in [0.3, 0.4) is 0 Å². The van der Waals surface area contributed by atoms with Crippen LogP contribution in [0.5, 0.6) is 10.9 Å². The minimum Gasteiger partial charge on any atom is -0.507 e. The molecule has 2 aliphatic rings. The summed E-state index contributed by atoms with van der Waals surface area (Å²) in [5.41, 5.74) is 2.36. The molecule has 164 valence electrons. The molecule has 2 bridgehead atoms. The van der Waals surface area contributed by atoms with E-state index in [0.29, 0.717) is 27.9 Å². The summed E-state index contributed by atoms with van der Waals surface area (Å²) in [5, 5.41) is 28.4. The SMILES string of the molecule is COC1CC2CC(Oc3nnc(-c4ccc(-n5ccc(C)n5)cc4O)s3)CC(C)(C1)N2. The molecule has 4 unspecified atom stereocenters. The van der Waals surface area contributed by atoms with Gasteiger partial charge in [-0.05, 0) is 51.3 Å². The monoisotopic (exact) mass is 441 g/mol. The standard InChI is InChI=1S/C22H27N5O3S/c1-13-6-7-27(26-13)15-4-5-18(19(28)10-15)20-24-25-21(31-20)30-17-9-14-8-16(29-3)11-22(2,12-17)23-14/h4-7,10,14,16-17,23,28H,8-9,11-12H2,1-3H3. The van der Waals surface area contributed by atoms with Gasteiger partial charge < -0.3 is 19.9 Å². The highest BCUT2D eigenvalue weighted by atomic mass is 32.1. The Morgan fingerprint density at radius 1 is 1.19 bits per heavy atom. The van der Waals surface area contributed by atoms with Crippen LogP contribution in [0.15, 0.2) is 30.5 Å². The average Bonchev–Trinajstić information content (AvgIpc) is 3.35. The van der Waals surface area contributed by atoms with Crippen molar-refractivity contribution in [2.75, 3.05) is 7.11 Å². The molecule has 0 aliphatic carbocycles. The predicted molar refractivity (Wildman–Crippen MR) is 118 cm³/mol. The lowest BCUT2D eigenvalue weighted by atomic mass is 9.75. The second kappa shape index (κ2) is 7.89. The third kappa shape index (κ3) is 4.17. The number of aromatic hydroxyl groups is 1. The molecule has 9 heteroatoms. The van der Waals surface area contributed by atoms with Crippen molar-refractivity contribution in [3.63, 3.8) is 0 Å². The fourth-order valence-electron chi connectivity index (χ4n) is 4.89. The molecule has 2 saturated heterocycles. The summed E-state index contributed by atoms with van der Waals surface area (Å²) < 4.78 is 13.6. The maximum absolute atomic E-state index is 10.6. The number of aromatic nitrogens is 4. The topological polar surface area (TPSA) is 94.3 Å². The summed E-state index contributed by atoms with van der Waals surface area (Å²) in [6.07, 6.45) is 6.08. The summed E-state index contributed by atoms with van der Waals surface area (Å²) in [5.74, 6) is 0.142. The molecular formula is C22H27N5O3S. The molecule has 4 atom stereocenters. The van der Waals surface area contributed by atoms with Gasteiger partial charge in [0.05, 0.1) is 23.0 Å². The highest BCUT2D eigenvalue weighted by molar-refractivity contribution is 7.16. The first kappa shape index (κ1) is 20.4. The van der Waals surface area contributed by atoms with Crippen molar-refractivity contribution in [1.29, 1.82) is 0 Å². The predicted octanol–water partition coefficient (Wildman–Crippen LogP) is 3.47. The fourth-order valence-corrected chi connectivity index (χ4v) is 5.69. The number of fused-ring (bicyclic) bond motifs is 2. The molecule has 2 fully saturated rings. The van der Waals surface area contributed by atoms with E-state index in [0.717, 1.165) is 37.1 Å². The number of aryl methyl sites for hydroxylation is 1. The number of ether oxygens (including phenoxy) is 2. The Morgan fingerprint density at radius 2 is 2.00 bits per heavy atom. The Kier molecular flexibility index (Phi) is 5.19. The number of piperidine rings is 2. The highest BCUT2D eigenvalue weighted by Crippen LogP contribution is 2.39. The normalized spacial score (nSPS) is 27.9. The van der Waals surface area contributed by atoms with E-state index in [2.05, 4.69) is 27.5 Å². The number of hydrogen-bond donors (Lipinski definition) is 2. The maximum atomic E-state index is 10.6. The third-order valence-corrected chi connectivity index (χ3v) is 7.06. The average molecular weight is 442 g/mol. The van der Waals surface area contributed by atoms with Crippen LogP contribution in [-0.2, 0) is 4.74 Å². The lowest BCUT2D eigenvalue weighted by molar-refractivity contribution is -0.0265. The quantitative estimate of drug-likeness (QED) is 0.626. The van der Waals surface area contributed by atoms with Gasteiger partial charge in [0, 0.05) is 37.4 Å². The van der Waals surface area contributed by atoms with Crippen LogP contribution in [0.1, 0.15) is 38.3 Å². The fraction of sp³-hybridized carbons (Fsp3) is 0.500. The summed E-state index contributed by atoms with van der Waals surface area (Å²) in [6.45, 7) is 4.17. The number of methoxy groups -OCH3 is 1. The number of hydrogen-bond acceptors (Lipinski definition) is 8. The van der Waals surface area contributed by atoms with Gasteiger partial charge >= 0.3 is 0 Å². The van der Waals surface area contributed by atoms with Gasteiger partial charge in [-0.15, -0.1) is 5.10 Å². The maximum Gasteiger partial charge on any atom is 0.294 e. The Hall–Kier alpha value is -2.49. The zero-order chi connectivity index (χ0) is 21.6. The van der Waals surface area contributed by atoms with Gasteiger partial charge in [-0.3, -0.25) is 0 Å². The van der Waals surface area contributed by atoms with E-state index in [-0.39, 0.29) is 17.4 Å². The van der Waals surface area contributed by atoms with Crippen LogP contribution in [-0.4, -0.2) is 56.0 Å². The molecule has 0 spiro atoms. The molecule has 1 aromatic carbocycles. The molecular weight excluding hydrogens is 414 g/mol. The lowest BCUT2D eigenvalue weighted by Gasteiger charge is -2.49. The summed E-state index contributed by atoms with van der Waals surface area (Å²) in [4.78, 5) is 0.